The standard InChI is InChI=1S/C31H27N3O4S/c1-3-34-27-11-7-6-8-23(27)26-18-21(14-17-28(26)34)33-29(35)19(2)39-22-15-12-20(13-16-22)32-30(36)24-9-4-5-10-25(24)31(37)38/h4-19H,3H2,1-2H3,(H,32,36)(H,33,35)(H,37,38). The van der Waals surface area contributed by atoms with Crippen LogP contribution in [0.2, 0.25) is 0 Å². The molecule has 196 valence electrons. The first-order valence-corrected chi connectivity index (χ1v) is 13.5. The molecule has 1 aromatic heterocycles. The van der Waals surface area contributed by atoms with E-state index in [2.05, 4.69) is 34.3 Å². The van der Waals surface area contributed by atoms with Crippen LogP contribution < -0.4 is 10.6 Å². The van der Waals surface area contributed by atoms with E-state index in [9.17, 15) is 19.5 Å². The third-order valence-electron chi connectivity index (χ3n) is 6.55. The maximum absolute atomic E-state index is 13.0. The Morgan fingerprint density at radius 3 is 2.15 bits per heavy atom. The van der Waals surface area contributed by atoms with Gasteiger partial charge in [0.25, 0.3) is 5.91 Å². The Hall–Kier alpha value is -4.56. The lowest BCUT2D eigenvalue weighted by atomic mass is 10.1. The van der Waals surface area contributed by atoms with Crippen LogP contribution in [0.3, 0.4) is 0 Å². The average Bonchev–Trinajstić information content (AvgIpc) is 3.27. The largest absolute Gasteiger partial charge is 0.478 e. The van der Waals surface area contributed by atoms with Crippen molar-refractivity contribution >= 4 is 62.7 Å². The molecule has 4 aromatic carbocycles. The summed E-state index contributed by atoms with van der Waals surface area (Å²) in [4.78, 5) is 37.9. The van der Waals surface area contributed by atoms with Crippen LogP contribution in [0.4, 0.5) is 11.4 Å². The van der Waals surface area contributed by atoms with Crippen molar-refractivity contribution in [3.8, 4) is 0 Å². The molecular weight excluding hydrogens is 510 g/mol. The van der Waals surface area contributed by atoms with Gasteiger partial charge >= 0.3 is 5.97 Å². The zero-order valence-corrected chi connectivity index (χ0v) is 22.3. The summed E-state index contributed by atoms with van der Waals surface area (Å²) in [5, 5.41) is 17.0. The van der Waals surface area contributed by atoms with Crippen molar-refractivity contribution in [1.29, 1.82) is 0 Å². The number of thioether (sulfide) groups is 1. The van der Waals surface area contributed by atoms with Gasteiger partial charge in [0, 0.05) is 44.6 Å². The van der Waals surface area contributed by atoms with E-state index in [1.807, 2.05) is 49.4 Å². The molecule has 0 spiro atoms. The van der Waals surface area contributed by atoms with Crippen molar-refractivity contribution in [2.24, 2.45) is 0 Å². The van der Waals surface area contributed by atoms with Crippen LogP contribution in [-0.4, -0.2) is 32.7 Å². The lowest BCUT2D eigenvalue weighted by molar-refractivity contribution is -0.115. The molecule has 0 fully saturated rings. The third-order valence-corrected chi connectivity index (χ3v) is 7.66. The van der Waals surface area contributed by atoms with E-state index in [1.54, 1.807) is 24.3 Å². The molecule has 3 N–H and O–H groups in total. The number of amides is 2. The van der Waals surface area contributed by atoms with Gasteiger partial charge in [-0.15, -0.1) is 11.8 Å². The second kappa shape index (κ2) is 11.0. The van der Waals surface area contributed by atoms with Crippen LogP contribution in [0.25, 0.3) is 21.8 Å². The van der Waals surface area contributed by atoms with E-state index >= 15 is 0 Å². The minimum absolute atomic E-state index is 0.0581. The van der Waals surface area contributed by atoms with E-state index in [0.29, 0.717) is 5.69 Å². The van der Waals surface area contributed by atoms with Crippen LogP contribution >= 0.6 is 11.8 Å². The number of carboxylic acids is 1. The lowest BCUT2D eigenvalue weighted by Gasteiger charge is -2.13. The zero-order chi connectivity index (χ0) is 27.5. The molecule has 0 saturated heterocycles. The molecule has 7 nitrogen and oxygen atoms in total. The first kappa shape index (κ1) is 26.1. The van der Waals surface area contributed by atoms with Gasteiger partial charge in [-0.25, -0.2) is 4.79 Å². The predicted molar refractivity (Wildman–Crippen MR) is 157 cm³/mol. The number of fused-ring (bicyclic) bond motifs is 3. The fourth-order valence-corrected chi connectivity index (χ4v) is 5.52. The monoisotopic (exact) mass is 537 g/mol. The molecule has 1 heterocycles. The first-order chi connectivity index (χ1) is 18.9. The van der Waals surface area contributed by atoms with Crippen molar-refractivity contribution in [3.63, 3.8) is 0 Å². The first-order valence-electron chi connectivity index (χ1n) is 12.6. The van der Waals surface area contributed by atoms with Gasteiger partial charge in [-0.05, 0) is 74.5 Å². The average molecular weight is 538 g/mol. The van der Waals surface area contributed by atoms with E-state index in [4.69, 9.17) is 0 Å². The zero-order valence-electron chi connectivity index (χ0n) is 21.5. The SMILES string of the molecule is CCn1c2ccccc2c2cc(NC(=O)C(C)Sc3ccc(NC(=O)c4ccccc4C(=O)O)cc3)ccc21. The molecule has 39 heavy (non-hydrogen) atoms. The number of para-hydroxylation sites is 1. The van der Waals surface area contributed by atoms with Crippen molar-refractivity contribution in [3.05, 3.63) is 102 Å². The summed E-state index contributed by atoms with van der Waals surface area (Å²) in [6, 6.07) is 27.4. The highest BCUT2D eigenvalue weighted by atomic mass is 32.2. The van der Waals surface area contributed by atoms with E-state index in [-0.39, 0.29) is 22.3 Å². The highest BCUT2D eigenvalue weighted by Gasteiger charge is 2.18. The van der Waals surface area contributed by atoms with Crippen LogP contribution in [0.1, 0.15) is 34.6 Å². The number of carbonyl (C=O) groups is 3. The number of hydrogen-bond acceptors (Lipinski definition) is 4. The number of aryl methyl sites for hydroxylation is 1. The van der Waals surface area contributed by atoms with Crippen molar-refractivity contribution in [1.82, 2.24) is 4.57 Å². The molecule has 0 bridgehead atoms. The normalized spacial score (nSPS) is 11.8. The fraction of sp³-hybridized carbons (Fsp3) is 0.129. The Kier molecular flexibility index (Phi) is 7.38. The van der Waals surface area contributed by atoms with Crippen molar-refractivity contribution in [2.75, 3.05) is 10.6 Å². The molecule has 0 aliphatic heterocycles. The number of aromatic carboxylic acids is 1. The van der Waals surface area contributed by atoms with Crippen LogP contribution in [0.5, 0.6) is 0 Å². The number of anilines is 2. The van der Waals surface area contributed by atoms with Gasteiger partial charge in [0.05, 0.1) is 16.4 Å². The molecule has 5 rings (SSSR count). The summed E-state index contributed by atoms with van der Waals surface area (Å²) >= 11 is 1.41. The highest BCUT2D eigenvalue weighted by molar-refractivity contribution is 8.00. The predicted octanol–water partition coefficient (Wildman–Crippen LogP) is 6.88. The maximum Gasteiger partial charge on any atom is 0.336 e. The van der Waals surface area contributed by atoms with Crippen LogP contribution in [0, 0.1) is 0 Å². The van der Waals surface area contributed by atoms with E-state index in [1.165, 1.54) is 29.4 Å². The number of nitrogens with one attached hydrogen (secondary N) is 2. The van der Waals surface area contributed by atoms with E-state index < -0.39 is 11.9 Å². The topological polar surface area (TPSA) is 100 Å². The van der Waals surface area contributed by atoms with Crippen LogP contribution in [-0.2, 0) is 11.3 Å². The Balaban J connectivity index is 1.24. The Labute approximate surface area is 229 Å². The number of benzene rings is 4. The van der Waals surface area contributed by atoms with E-state index in [0.717, 1.165) is 33.4 Å². The number of rotatable bonds is 8. The summed E-state index contributed by atoms with van der Waals surface area (Å²) in [5.41, 5.74) is 3.62. The molecule has 1 unspecified atom stereocenters. The summed E-state index contributed by atoms with van der Waals surface area (Å²) in [6.07, 6.45) is 0. The van der Waals surface area contributed by atoms with Gasteiger partial charge in [0.1, 0.15) is 0 Å². The van der Waals surface area contributed by atoms with Crippen molar-refractivity contribution in [2.45, 2.75) is 30.5 Å². The minimum Gasteiger partial charge on any atom is -0.478 e. The summed E-state index contributed by atoms with van der Waals surface area (Å²) in [5.74, 6) is -1.77. The van der Waals surface area contributed by atoms with Crippen LogP contribution in [0.15, 0.2) is 95.9 Å². The maximum atomic E-state index is 13.0. The molecule has 0 saturated carbocycles. The smallest absolute Gasteiger partial charge is 0.336 e. The molecule has 2 amide bonds. The molecule has 0 aliphatic carbocycles. The summed E-state index contributed by atoms with van der Waals surface area (Å²) < 4.78 is 2.27. The number of hydrogen-bond donors (Lipinski definition) is 3. The third kappa shape index (κ3) is 5.37. The Morgan fingerprint density at radius 1 is 0.795 bits per heavy atom. The van der Waals surface area contributed by atoms with Gasteiger partial charge in [0.15, 0.2) is 0 Å². The summed E-state index contributed by atoms with van der Waals surface area (Å²) in [7, 11) is 0. The molecule has 5 aromatic rings. The second-order valence-electron chi connectivity index (χ2n) is 9.07. The molecule has 0 radical (unpaired) electrons. The Bertz CT molecular complexity index is 1710. The molecule has 0 aliphatic rings. The van der Waals surface area contributed by atoms with Gasteiger partial charge < -0.3 is 20.3 Å². The number of carboxylic acid groups (broad SMARTS) is 1. The van der Waals surface area contributed by atoms with Gasteiger partial charge in [-0.3, -0.25) is 9.59 Å². The highest BCUT2D eigenvalue weighted by Crippen LogP contribution is 2.32. The number of aromatic nitrogens is 1. The number of carbonyl (C=O) groups excluding carboxylic acids is 2. The quantitative estimate of drug-likeness (QED) is 0.187. The molecule has 8 heteroatoms. The fourth-order valence-electron chi connectivity index (χ4n) is 4.66. The van der Waals surface area contributed by atoms with Crippen molar-refractivity contribution < 1.29 is 19.5 Å². The Morgan fingerprint density at radius 2 is 1.44 bits per heavy atom. The molecule has 1 atom stereocenters. The molecular formula is C31H27N3O4S. The second-order valence-corrected chi connectivity index (χ2v) is 10.5. The van der Waals surface area contributed by atoms with Gasteiger partial charge in [-0.2, -0.15) is 0 Å². The lowest BCUT2D eigenvalue weighted by Crippen LogP contribution is -2.22. The van der Waals surface area contributed by atoms with Gasteiger partial charge in [-0.1, -0.05) is 30.3 Å². The van der Waals surface area contributed by atoms with Gasteiger partial charge in [0.2, 0.25) is 5.91 Å². The summed E-state index contributed by atoms with van der Waals surface area (Å²) in [6.45, 7) is 4.83. The number of nitrogens with zero attached hydrogens (tertiary/aromatic N) is 1. The minimum atomic E-state index is -1.16.